The number of carbonyl (C=O) groups is 1. The molecule has 0 aliphatic rings. The maximum Gasteiger partial charge on any atom is 0.142 e. The predicted molar refractivity (Wildman–Crippen MR) is 43.8 cm³/mol. The number of hydrogen-bond acceptors (Lipinski definition) is 1. The summed E-state index contributed by atoms with van der Waals surface area (Å²) in [5.41, 5.74) is 0.00958. The molecule has 0 saturated carbocycles. The lowest BCUT2D eigenvalue weighted by Gasteiger charge is -2.12. The Balaban J connectivity index is 4.10. The maximum atomic E-state index is 9.94. The van der Waals surface area contributed by atoms with Crippen LogP contribution < -0.4 is 0 Å². The molecule has 10 heavy (non-hydrogen) atoms. The quantitative estimate of drug-likeness (QED) is 0.332. The van der Waals surface area contributed by atoms with Crippen molar-refractivity contribution in [3.8, 4) is 0 Å². The molecule has 0 heterocycles. The molecular formula is C9H14O. The van der Waals surface area contributed by atoms with Crippen LogP contribution in [0.3, 0.4) is 0 Å². The molecule has 1 heteroatoms. The molecule has 0 aliphatic carbocycles. The molecule has 0 atom stereocenters. The van der Waals surface area contributed by atoms with E-state index >= 15 is 0 Å². The van der Waals surface area contributed by atoms with Crippen LogP contribution in [0.2, 0.25) is 0 Å². The summed E-state index contributed by atoms with van der Waals surface area (Å²) in [6, 6.07) is 0. The molecule has 56 valence electrons. The van der Waals surface area contributed by atoms with E-state index in [-0.39, 0.29) is 5.41 Å². The highest BCUT2D eigenvalue weighted by molar-refractivity contribution is 5.64. The molecule has 0 N–H and O–H groups in total. The van der Waals surface area contributed by atoms with Crippen molar-refractivity contribution < 1.29 is 4.79 Å². The normalized spacial score (nSPS) is 13.1. The van der Waals surface area contributed by atoms with Crippen molar-refractivity contribution in [2.24, 2.45) is 5.41 Å². The summed E-state index contributed by atoms with van der Waals surface area (Å²) in [6.45, 7) is 6.07. The molecule has 0 spiro atoms. The molecule has 0 radical (unpaired) electrons. The van der Waals surface area contributed by atoms with Crippen LogP contribution in [0.1, 0.15) is 20.8 Å². The fraction of sp³-hybridized carbons (Fsp3) is 0.444. The van der Waals surface area contributed by atoms with Crippen LogP contribution in [0.15, 0.2) is 24.3 Å². The van der Waals surface area contributed by atoms with Gasteiger partial charge >= 0.3 is 0 Å². The molecule has 0 aliphatic heterocycles. The largest absolute Gasteiger partial charge is 0.299 e. The van der Waals surface area contributed by atoms with Gasteiger partial charge in [0, 0.05) is 5.41 Å². The second-order valence-electron chi connectivity index (χ2n) is 2.82. The average molecular weight is 138 g/mol. The Bertz CT molecular complexity index is 152. The average Bonchev–Trinajstić information content (AvgIpc) is 1.84. The fourth-order valence-corrected chi connectivity index (χ4v) is 0.772. The lowest BCUT2D eigenvalue weighted by molar-refractivity contribution is -0.104. The SMILES string of the molecule is CC=CC(C)(C)C=CC=O. The zero-order valence-electron chi connectivity index (χ0n) is 6.79. The van der Waals surface area contributed by atoms with E-state index in [4.69, 9.17) is 0 Å². The van der Waals surface area contributed by atoms with Crippen LogP contribution in [0.5, 0.6) is 0 Å². The highest BCUT2D eigenvalue weighted by Gasteiger charge is 2.06. The second kappa shape index (κ2) is 4.04. The topological polar surface area (TPSA) is 17.1 Å². The standard InChI is InChI=1S/C9H14O/c1-4-6-9(2,3)7-5-8-10/h4-8H,1-3H3. The third kappa shape index (κ3) is 4.07. The first-order valence-electron chi connectivity index (χ1n) is 3.39. The second-order valence-corrected chi connectivity index (χ2v) is 2.82. The molecule has 0 aromatic heterocycles. The van der Waals surface area contributed by atoms with Crippen molar-refractivity contribution in [3.05, 3.63) is 24.3 Å². The zero-order chi connectivity index (χ0) is 8.04. The van der Waals surface area contributed by atoms with Crippen LogP contribution >= 0.6 is 0 Å². The van der Waals surface area contributed by atoms with Crippen molar-refractivity contribution in [1.82, 2.24) is 0 Å². The Morgan fingerprint density at radius 1 is 1.20 bits per heavy atom. The lowest BCUT2D eigenvalue weighted by atomic mass is 9.93. The van der Waals surface area contributed by atoms with Gasteiger partial charge in [-0.15, -0.1) is 0 Å². The minimum Gasteiger partial charge on any atom is -0.299 e. The van der Waals surface area contributed by atoms with E-state index in [1.165, 1.54) is 6.08 Å². The van der Waals surface area contributed by atoms with E-state index in [1.54, 1.807) is 0 Å². The van der Waals surface area contributed by atoms with E-state index in [0.717, 1.165) is 6.29 Å². The van der Waals surface area contributed by atoms with Gasteiger partial charge in [-0.25, -0.2) is 0 Å². The molecule has 1 nitrogen and oxygen atoms in total. The number of allylic oxidation sites excluding steroid dienone is 4. The van der Waals surface area contributed by atoms with Gasteiger partial charge in [0.05, 0.1) is 0 Å². The fourth-order valence-electron chi connectivity index (χ4n) is 0.772. The molecule has 0 aromatic rings. The highest BCUT2D eigenvalue weighted by Crippen LogP contribution is 2.17. The Kier molecular flexibility index (Phi) is 3.70. The number of carbonyl (C=O) groups excluding carboxylic acids is 1. The molecule has 0 bridgehead atoms. The molecule has 0 unspecified atom stereocenters. The Morgan fingerprint density at radius 2 is 1.80 bits per heavy atom. The van der Waals surface area contributed by atoms with Crippen molar-refractivity contribution in [2.75, 3.05) is 0 Å². The van der Waals surface area contributed by atoms with Gasteiger partial charge in [0.1, 0.15) is 6.29 Å². The van der Waals surface area contributed by atoms with Gasteiger partial charge < -0.3 is 0 Å². The van der Waals surface area contributed by atoms with Crippen LogP contribution in [0.4, 0.5) is 0 Å². The van der Waals surface area contributed by atoms with Gasteiger partial charge in [0.15, 0.2) is 0 Å². The van der Waals surface area contributed by atoms with E-state index in [9.17, 15) is 4.79 Å². The summed E-state index contributed by atoms with van der Waals surface area (Å²) in [5, 5.41) is 0. The number of rotatable bonds is 3. The summed E-state index contributed by atoms with van der Waals surface area (Å²) >= 11 is 0. The summed E-state index contributed by atoms with van der Waals surface area (Å²) < 4.78 is 0. The smallest absolute Gasteiger partial charge is 0.142 e. The third-order valence-electron chi connectivity index (χ3n) is 1.20. The summed E-state index contributed by atoms with van der Waals surface area (Å²) in [4.78, 5) is 9.94. The van der Waals surface area contributed by atoms with Crippen LogP contribution in [0, 0.1) is 5.41 Å². The first-order chi connectivity index (χ1) is 4.62. The van der Waals surface area contributed by atoms with E-state index < -0.39 is 0 Å². The van der Waals surface area contributed by atoms with Gasteiger partial charge in [-0.2, -0.15) is 0 Å². The summed E-state index contributed by atoms with van der Waals surface area (Å²) in [6.07, 6.45) is 8.23. The van der Waals surface area contributed by atoms with E-state index in [2.05, 4.69) is 0 Å². The molecule has 0 saturated heterocycles. The predicted octanol–water partition coefficient (Wildman–Crippen LogP) is 2.34. The van der Waals surface area contributed by atoms with Gasteiger partial charge in [-0.1, -0.05) is 32.1 Å². The first kappa shape index (κ1) is 9.15. The monoisotopic (exact) mass is 138 g/mol. The minimum absolute atomic E-state index is 0.00958. The van der Waals surface area contributed by atoms with Gasteiger partial charge in [-0.3, -0.25) is 4.79 Å². The van der Waals surface area contributed by atoms with Crippen molar-refractivity contribution >= 4 is 6.29 Å². The minimum atomic E-state index is 0.00958. The van der Waals surface area contributed by atoms with Gasteiger partial charge in [0.25, 0.3) is 0 Å². The molecular weight excluding hydrogens is 124 g/mol. The van der Waals surface area contributed by atoms with Crippen molar-refractivity contribution in [2.45, 2.75) is 20.8 Å². The van der Waals surface area contributed by atoms with Gasteiger partial charge in [-0.05, 0) is 13.0 Å². The van der Waals surface area contributed by atoms with Crippen LogP contribution in [-0.4, -0.2) is 6.29 Å². The van der Waals surface area contributed by atoms with E-state index in [0.29, 0.717) is 0 Å². The Hall–Kier alpha value is -0.850. The lowest BCUT2D eigenvalue weighted by Crippen LogP contribution is -2.01. The van der Waals surface area contributed by atoms with Gasteiger partial charge in [0.2, 0.25) is 0 Å². The first-order valence-corrected chi connectivity index (χ1v) is 3.39. The molecule has 0 fully saturated rings. The zero-order valence-corrected chi connectivity index (χ0v) is 6.79. The number of hydrogen-bond donors (Lipinski definition) is 0. The van der Waals surface area contributed by atoms with Crippen LogP contribution in [-0.2, 0) is 4.79 Å². The van der Waals surface area contributed by atoms with E-state index in [1.807, 2.05) is 39.0 Å². The molecule has 0 aromatic carbocycles. The number of aldehydes is 1. The van der Waals surface area contributed by atoms with Crippen molar-refractivity contribution in [3.63, 3.8) is 0 Å². The molecule has 0 amide bonds. The summed E-state index contributed by atoms with van der Waals surface area (Å²) in [5.74, 6) is 0. The van der Waals surface area contributed by atoms with Crippen LogP contribution in [0.25, 0.3) is 0 Å². The molecule has 0 rings (SSSR count). The third-order valence-corrected chi connectivity index (χ3v) is 1.20. The Labute approximate surface area is 62.4 Å². The van der Waals surface area contributed by atoms with Crippen molar-refractivity contribution in [1.29, 1.82) is 0 Å². The maximum absolute atomic E-state index is 9.94. The highest BCUT2D eigenvalue weighted by atomic mass is 16.1. The summed E-state index contributed by atoms with van der Waals surface area (Å²) in [7, 11) is 0. The Morgan fingerprint density at radius 3 is 2.20 bits per heavy atom.